The van der Waals surface area contributed by atoms with Crippen molar-refractivity contribution >= 4 is 55.0 Å². The molecule has 1 unspecified atom stereocenters. The Bertz CT molecular complexity index is 714. The summed E-state index contributed by atoms with van der Waals surface area (Å²) in [6, 6.07) is 14.1. The van der Waals surface area contributed by atoms with Gasteiger partial charge in [0, 0.05) is 14.6 Å². The van der Waals surface area contributed by atoms with E-state index in [4.69, 9.17) is 0 Å². The van der Waals surface area contributed by atoms with E-state index in [0.717, 1.165) is 14.6 Å². The lowest BCUT2D eigenvalue weighted by atomic mass is 10.2. The highest BCUT2D eigenvalue weighted by molar-refractivity contribution is 9.10. The maximum Gasteiger partial charge on any atom is 0.256 e. The molecule has 1 aliphatic heterocycles. The first-order valence-electron chi connectivity index (χ1n) is 6.69. The molecule has 1 atom stereocenters. The van der Waals surface area contributed by atoms with E-state index in [-0.39, 0.29) is 18.2 Å². The van der Waals surface area contributed by atoms with E-state index >= 15 is 0 Å². The highest BCUT2D eigenvalue weighted by Crippen LogP contribution is 2.26. The fraction of sp³-hybridized carbons (Fsp3) is 0.125. The summed E-state index contributed by atoms with van der Waals surface area (Å²) in [5.41, 5.74) is 1.41. The molecule has 1 aliphatic rings. The molecular weight excluding hydrogens is 412 g/mol. The lowest BCUT2D eigenvalue weighted by Crippen LogP contribution is -2.34. The Morgan fingerprint density at radius 2 is 1.45 bits per heavy atom. The average molecular weight is 424 g/mol. The molecule has 2 aromatic carbocycles. The molecule has 1 saturated heterocycles. The van der Waals surface area contributed by atoms with Gasteiger partial charge >= 0.3 is 0 Å². The van der Waals surface area contributed by atoms with E-state index in [0.29, 0.717) is 5.69 Å². The number of benzene rings is 2. The van der Waals surface area contributed by atoms with Crippen molar-refractivity contribution in [1.82, 2.24) is 0 Å². The Kier molecular flexibility index (Phi) is 4.31. The number of carbonyl (C=O) groups is 2. The summed E-state index contributed by atoms with van der Waals surface area (Å²) in [6.07, 6.45) is 0.158. The standard InChI is InChI=1S/C16H12Br2N2O2/c17-10-1-5-12(6-2-10)19-14-9-15(21)20(16(14)22)13-7-3-11(18)4-8-13/h1-8,14,19H,9H2. The van der Waals surface area contributed by atoms with Gasteiger partial charge in [-0.3, -0.25) is 9.59 Å². The summed E-state index contributed by atoms with van der Waals surface area (Å²) in [5.74, 6) is -0.419. The van der Waals surface area contributed by atoms with Crippen LogP contribution in [0.2, 0.25) is 0 Å². The Hall–Kier alpha value is -1.66. The summed E-state index contributed by atoms with van der Waals surface area (Å²) in [7, 11) is 0. The molecule has 0 aliphatic carbocycles. The van der Waals surface area contributed by atoms with Crippen LogP contribution in [0.15, 0.2) is 57.5 Å². The molecule has 2 aromatic rings. The fourth-order valence-corrected chi connectivity index (χ4v) is 2.88. The third kappa shape index (κ3) is 3.08. The first-order valence-corrected chi connectivity index (χ1v) is 8.27. The number of rotatable bonds is 3. The molecule has 2 amide bonds. The second kappa shape index (κ2) is 6.22. The minimum atomic E-state index is -0.530. The average Bonchev–Trinajstić information content (AvgIpc) is 2.77. The van der Waals surface area contributed by atoms with E-state index in [2.05, 4.69) is 37.2 Å². The maximum atomic E-state index is 12.5. The lowest BCUT2D eigenvalue weighted by Gasteiger charge is -2.16. The summed E-state index contributed by atoms with van der Waals surface area (Å²) in [4.78, 5) is 25.9. The van der Waals surface area contributed by atoms with Crippen molar-refractivity contribution in [3.8, 4) is 0 Å². The Balaban J connectivity index is 1.79. The zero-order valence-electron chi connectivity index (χ0n) is 11.4. The largest absolute Gasteiger partial charge is 0.373 e. The van der Waals surface area contributed by atoms with Crippen LogP contribution in [-0.4, -0.2) is 17.9 Å². The number of halogens is 2. The molecule has 1 fully saturated rings. The quantitative estimate of drug-likeness (QED) is 0.760. The van der Waals surface area contributed by atoms with Gasteiger partial charge in [-0.25, -0.2) is 4.90 Å². The molecule has 0 bridgehead atoms. The van der Waals surface area contributed by atoms with Crippen molar-refractivity contribution < 1.29 is 9.59 Å². The van der Waals surface area contributed by atoms with Crippen molar-refractivity contribution in [2.45, 2.75) is 12.5 Å². The second-order valence-corrected chi connectivity index (χ2v) is 6.78. The van der Waals surface area contributed by atoms with Crippen LogP contribution in [0.1, 0.15) is 6.42 Å². The molecule has 22 heavy (non-hydrogen) atoms. The predicted octanol–water partition coefficient (Wildman–Crippen LogP) is 3.96. The summed E-state index contributed by atoms with van der Waals surface area (Å²) in [6.45, 7) is 0. The van der Waals surface area contributed by atoms with Crippen LogP contribution >= 0.6 is 31.9 Å². The minimum Gasteiger partial charge on any atom is -0.373 e. The number of hydrogen-bond acceptors (Lipinski definition) is 3. The monoisotopic (exact) mass is 422 g/mol. The van der Waals surface area contributed by atoms with Gasteiger partial charge in [-0.2, -0.15) is 0 Å². The zero-order chi connectivity index (χ0) is 15.7. The minimum absolute atomic E-state index is 0.158. The number of nitrogens with one attached hydrogen (secondary N) is 1. The molecule has 0 spiro atoms. The summed E-state index contributed by atoms with van der Waals surface area (Å²) in [5, 5.41) is 3.12. The van der Waals surface area contributed by atoms with E-state index in [1.807, 2.05) is 36.4 Å². The number of nitrogens with zero attached hydrogens (tertiary/aromatic N) is 1. The Morgan fingerprint density at radius 1 is 0.909 bits per heavy atom. The molecular formula is C16H12Br2N2O2. The Labute approximate surface area is 144 Å². The van der Waals surface area contributed by atoms with E-state index in [9.17, 15) is 9.59 Å². The highest BCUT2D eigenvalue weighted by Gasteiger charge is 2.39. The van der Waals surface area contributed by atoms with Crippen molar-refractivity contribution in [1.29, 1.82) is 0 Å². The Morgan fingerprint density at radius 3 is 2.05 bits per heavy atom. The first kappa shape index (κ1) is 15.2. The van der Waals surface area contributed by atoms with Gasteiger partial charge in [0.1, 0.15) is 6.04 Å². The molecule has 0 aromatic heterocycles. The first-order chi connectivity index (χ1) is 10.5. The molecule has 3 rings (SSSR count). The van der Waals surface area contributed by atoms with Gasteiger partial charge in [0.2, 0.25) is 5.91 Å². The van der Waals surface area contributed by atoms with Crippen molar-refractivity contribution in [2.24, 2.45) is 0 Å². The SMILES string of the molecule is O=C1CC(Nc2ccc(Br)cc2)C(=O)N1c1ccc(Br)cc1. The van der Waals surface area contributed by atoms with Crippen molar-refractivity contribution in [3.63, 3.8) is 0 Å². The molecule has 0 saturated carbocycles. The van der Waals surface area contributed by atoms with Crippen molar-refractivity contribution in [3.05, 3.63) is 57.5 Å². The third-order valence-corrected chi connectivity index (χ3v) is 4.47. The summed E-state index contributed by atoms with van der Waals surface area (Å²) < 4.78 is 1.86. The lowest BCUT2D eigenvalue weighted by molar-refractivity contribution is -0.121. The van der Waals surface area contributed by atoms with Gasteiger partial charge in [-0.1, -0.05) is 31.9 Å². The van der Waals surface area contributed by atoms with E-state index in [1.54, 1.807) is 12.1 Å². The summed E-state index contributed by atoms with van der Waals surface area (Å²) >= 11 is 6.71. The van der Waals surface area contributed by atoms with Crippen LogP contribution in [0.25, 0.3) is 0 Å². The van der Waals surface area contributed by atoms with Crippen LogP contribution in [0, 0.1) is 0 Å². The van der Waals surface area contributed by atoms with Gasteiger partial charge in [-0.15, -0.1) is 0 Å². The van der Waals surface area contributed by atoms with Crippen LogP contribution in [0.5, 0.6) is 0 Å². The van der Waals surface area contributed by atoms with E-state index in [1.165, 1.54) is 4.90 Å². The number of anilines is 2. The fourth-order valence-electron chi connectivity index (χ4n) is 2.35. The maximum absolute atomic E-state index is 12.5. The molecule has 1 N–H and O–H groups in total. The van der Waals surface area contributed by atoms with E-state index < -0.39 is 6.04 Å². The number of hydrogen-bond donors (Lipinski definition) is 1. The van der Waals surface area contributed by atoms with Gasteiger partial charge < -0.3 is 5.32 Å². The van der Waals surface area contributed by atoms with Crippen LogP contribution < -0.4 is 10.2 Å². The third-order valence-electron chi connectivity index (χ3n) is 3.42. The van der Waals surface area contributed by atoms with Crippen molar-refractivity contribution in [2.75, 3.05) is 10.2 Å². The molecule has 6 heteroatoms. The number of carbonyl (C=O) groups excluding carboxylic acids is 2. The molecule has 4 nitrogen and oxygen atoms in total. The molecule has 112 valence electrons. The number of amides is 2. The smallest absolute Gasteiger partial charge is 0.256 e. The van der Waals surface area contributed by atoms with Gasteiger partial charge in [-0.05, 0) is 48.5 Å². The predicted molar refractivity (Wildman–Crippen MR) is 92.8 cm³/mol. The second-order valence-electron chi connectivity index (χ2n) is 4.95. The van der Waals surface area contributed by atoms with Gasteiger partial charge in [0.05, 0.1) is 12.1 Å². The van der Waals surface area contributed by atoms with Gasteiger partial charge in [0.15, 0.2) is 0 Å². The molecule has 0 radical (unpaired) electrons. The van der Waals surface area contributed by atoms with Gasteiger partial charge in [0.25, 0.3) is 5.91 Å². The van der Waals surface area contributed by atoms with Crippen LogP contribution in [0.3, 0.4) is 0 Å². The topological polar surface area (TPSA) is 49.4 Å². The van der Waals surface area contributed by atoms with Crippen LogP contribution in [-0.2, 0) is 9.59 Å². The molecule has 1 heterocycles. The normalized spacial score (nSPS) is 17.9. The zero-order valence-corrected chi connectivity index (χ0v) is 14.6. The van der Waals surface area contributed by atoms with Crippen LogP contribution in [0.4, 0.5) is 11.4 Å². The highest BCUT2D eigenvalue weighted by atomic mass is 79.9. The number of imide groups is 1.